The first-order chi connectivity index (χ1) is 10.2. The highest BCUT2D eigenvalue weighted by Gasteiger charge is 2.34. The van der Waals surface area contributed by atoms with Crippen molar-refractivity contribution in [3.05, 3.63) is 23.8 Å². The third-order valence-electron chi connectivity index (χ3n) is 3.96. The molecule has 0 radical (unpaired) electrons. The molecular formula is C15H17NO5. The molecule has 6 nitrogen and oxygen atoms in total. The van der Waals surface area contributed by atoms with Crippen LogP contribution in [-0.2, 0) is 4.79 Å². The van der Waals surface area contributed by atoms with E-state index in [0.29, 0.717) is 43.1 Å². The Balaban J connectivity index is 1.78. The minimum atomic E-state index is -0.854. The normalized spacial score (nSPS) is 23.6. The largest absolute Gasteiger partial charge is 0.486 e. The van der Waals surface area contributed by atoms with Crippen molar-refractivity contribution in [2.24, 2.45) is 5.92 Å². The third kappa shape index (κ3) is 2.66. The van der Waals surface area contributed by atoms with E-state index < -0.39 is 11.9 Å². The Kier molecular flexibility index (Phi) is 3.68. The van der Waals surface area contributed by atoms with Crippen molar-refractivity contribution in [3.63, 3.8) is 0 Å². The monoisotopic (exact) mass is 291 g/mol. The molecule has 2 aliphatic rings. The summed E-state index contributed by atoms with van der Waals surface area (Å²) in [5.41, 5.74) is 0.392. The van der Waals surface area contributed by atoms with Gasteiger partial charge >= 0.3 is 5.97 Å². The van der Waals surface area contributed by atoms with Crippen LogP contribution < -0.4 is 14.8 Å². The van der Waals surface area contributed by atoms with Crippen molar-refractivity contribution in [3.8, 4) is 11.5 Å². The second-order valence-corrected chi connectivity index (χ2v) is 5.29. The Labute approximate surface area is 122 Å². The zero-order valence-corrected chi connectivity index (χ0v) is 11.5. The third-order valence-corrected chi connectivity index (χ3v) is 3.96. The second kappa shape index (κ2) is 5.63. The first-order valence-corrected chi connectivity index (χ1v) is 7.09. The van der Waals surface area contributed by atoms with Crippen LogP contribution in [0.15, 0.2) is 18.2 Å². The topological polar surface area (TPSA) is 84.9 Å². The van der Waals surface area contributed by atoms with Crippen molar-refractivity contribution in [2.45, 2.75) is 25.3 Å². The molecule has 0 aromatic heterocycles. The van der Waals surface area contributed by atoms with E-state index in [1.54, 1.807) is 18.2 Å². The maximum Gasteiger partial charge on any atom is 0.308 e. The van der Waals surface area contributed by atoms with Gasteiger partial charge in [0.25, 0.3) is 5.91 Å². The molecule has 1 aromatic carbocycles. The van der Waals surface area contributed by atoms with Gasteiger partial charge in [-0.3, -0.25) is 9.59 Å². The molecule has 1 aliphatic carbocycles. The number of aliphatic carboxylic acids is 1. The molecule has 2 N–H and O–H groups in total. The van der Waals surface area contributed by atoms with Crippen LogP contribution in [0.25, 0.3) is 0 Å². The van der Waals surface area contributed by atoms with E-state index >= 15 is 0 Å². The Morgan fingerprint density at radius 2 is 2.00 bits per heavy atom. The standard InChI is InChI=1S/C15H17NO5/c17-14(16-11-5-1-3-9(11)15(18)19)10-4-2-6-12-13(10)21-8-7-20-12/h2,4,6,9,11H,1,3,5,7-8H2,(H,16,17)(H,18,19). The second-order valence-electron chi connectivity index (χ2n) is 5.29. The van der Waals surface area contributed by atoms with Gasteiger partial charge in [-0.25, -0.2) is 0 Å². The quantitative estimate of drug-likeness (QED) is 0.880. The van der Waals surface area contributed by atoms with Crippen molar-refractivity contribution in [1.29, 1.82) is 0 Å². The van der Waals surface area contributed by atoms with Crippen molar-refractivity contribution in [2.75, 3.05) is 13.2 Å². The highest BCUT2D eigenvalue weighted by atomic mass is 16.6. The van der Waals surface area contributed by atoms with Crippen LogP contribution in [0.3, 0.4) is 0 Å². The summed E-state index contributed by atoms with van der Waals surface area (Å²) in [5.74, 6) is -0.685. The number of nitrogens with one attached hydrogen (secondary N) is 1. The molecule has 1 aliphatic heterocycles. The SMILES string of the molecule is O=C(NC1CCCC1C(=O)O)c1cccc2c1OCCO2. The van der Waals surface area contributed by atoms with E-state index in [2.05, 4.69) is 5.32 Å². The van der Waals surface area contributed by atoms with E-state index in [4.69, 9.17) is 14.6 Å². The number of carboxylic acid groups (broad SMARTS) is 1. The maximum absolute atomic E-state index is 12.4. The molecule has 2 atom stereocenters. The zero-order valence-electron chi connectivity index (χ0n) is 11.5. The number of hydrogen-bond donors (Lipinski definition) is 2. The van der Waals surface area contributed by atoms with E-state index in [-0.39, 0.29) is 11.9 Å². The fourth-order valence-electron chi connectivity index (χ4n) is 2.93. The number of para-hydroxylation sites is 1. The van der Waals surface area contributed by atoms with Crippen molar-refractivity contribution in [1.82, 2.24) is 5.32 Å². The molecule has 1 saturated carbocycles. The predicted molar refractivity (Wildman–Crippen MR) is 73.7 cm³/mol. The number of benzene rings is 1. The highest BCUT2D eigenvalue weighted by Crippen LogP contribution is 2.34. The molecule has 3 rings (SSSR count). The number of carboxylic acids is 1. The van der Waals surface area contributed by atoms with Crippen LogP contribution in [-0.4, -0.2) is 36.2 Å². The van der Waals surface area contributed by atoms with E-state index in [0.717, 1.165) is 6.42 Å². The average molecular weight is 291 g/mol. The zero-order chi connectivity index (χ0) is 14.8. The fourth-order valence-corrected chi connectivity index (χ4v) is 2.93. The minimum Gasteiger partial charge on any atom is -0.486 e. The summed E-state index contributed by atoms with van der Waals surface area (Å²) in [6.45, 7) is 0.861. The molecule has 6 heteroatoms. The number of hydrogen-bond acceptors (Lipinski definition) is 4. The molecule has 1 amide bonds. The number of ether oxygens (including phenoxy) is 2. The van der Waals surface area contributed by atoms with Gasteiger partial charge < -0.3 is 19.9 Å². The average Bonchev–Trinajstić information content (AvgIpc) is 2.95. The number of carbonyl (C=O) groups excluding carboxylic acids is 1. The van der Waals surface area contributed by atoms with Crippen molar-refractivity contribution >= 4 is 11.9 Å². The summed E-state index contributed by atoms with van der Waals surface area (Å²) in [5, 5.41) is 12.0. The number of fused-ring (bicyclic) bond motifs is 1. The van der Waals surface area contributed by atoms with Gasteiger partial charge in [-0.15, -0.1) is 0 Å². The molecule has 1 heterocycles. The highest BCUT2D eigenvalue weighted by molar-refractivity contribution is 5.98. The van der Waals surface area contributed by atoms with Crippen LogP contribution in [0.2, 0.25) is 0 Å². The number of amides is 1. The lowest BCUT2D eigenvalue weighted by Crippen LogP contribution is -2.40. The van der Waals surface area contributed by atoms with Crippen molar-refractivity contribution < 1.29 is 24.2 Å². The summed E-state index contributed by atoms with van der Waals surface area (Å²) in [4.78, 5) is 23.6. The van der Waals surface area contributed by atoms with Crippen LogP contribution in [0.5, 0.6) is 11.5 Å². The minimum absolute atomic E-state index is 0.310. The van der Waals surface area contributed by atoms with Gasteiger partial charge in [0.1, 0.15) is 13.2 Å². The summed E-state index contributed by atoms with van der Waals surface area (Å²) in [6, 6.07) is 4.82. The smallest absolute Gasteiger partial charge is 0.308 e. The van der Waals surface area contributed by atoms with Gasteiger partial charge in [0.2, 0.25) is 0 Å². The Bertz CT molecular complexity index is 571. The summed E-state index contributed by atoms with van der Waals surface area (Å²) >= 11 is 0. The molecule has 0 saturated heterocycles. The fraction of sp³-hybridized carbons (Fsp3) is 0.467. The first kappa shape index (κ1) is 13.7. The Morgan fingerprint density at radius 3 is 2.81 bits per heavy atom. The lowest BCUT2D eigenvalue weighted by atomic mass is 10.0. The van der Waals surface area contributed by atoms with Gasteiger partial charge in [0.15, 0.2) is 11.5 Å². The van der Waals surface area contributed by atoms with Crippen LogP contribution in [0.1, 0.15) is 29.6 Å². The van der Waals surface area contributed by atoms with Gasteiger partial charge in [0.05, 0.1) is 11.5 Å². The summed E-state index contributed by atoms with van der Waals surface area (Å²) in [6.07, 6.45) is 2.11. The molecular weight excluding hydrogens is 274 g/mol. The van der Waals surface area contributed by atoms with E-state index in [9.17, 15) is 9.59 Å². The molecule has 2 unspecified atom stereocenters. The molecule has 0 spiro atoms. The lowest BCUT2D eigenvalue weighted by molar-refractivity contribution is -0.142. The van der Waals surface area contributed by atoms with Gasteiger partial charge in [-0.1, -0.05) is 12.5 Å². The van der Waals surface area contributed by atoms with Gasteiger partial charge in [-0.2, -0.15) is 0 Å². The summed E-state index contributed by atoms with van der Waals surface area (Å²) in [7, 11) is 0. The van der Waals surface area contributed by atoms with E-state index in [1.807, 2.05) is 0 Å². The Morgan fingerprint density at radius 1 is 1.19 bits per heavy atom. The summed E-state index contributed by atoms with van der Waals surface area (Å²) < 4.78 is 11.0. The lowest BCUT2D eigenvalue weighted by Gasteiger charge is -2.22. The Hall–Kier alpha value is -2.24. The predicted octanol–water partition coefficient (Wildman–Crippen LogP) is 1.44. The van der Waals surface area contributed by atoms with Gasteiger partial charge in [0, 0.05) is 6.04 Å². The first-order valence-electron chi connectivity index (χ1n) is 7.09. The molecule has 1 fully saturated rings. The van der Waals surface area contributed by atoms with Crippen LogP contribution in [0, 0.1) is 5.92 Å². The van der Waals surface area contributed by atoms with Crippen LogP contribution in [0.4, 0.5) is 0 Å². The molecule has 1 aromatic rings. The molecule has 21 heavy (non-hydrogen) atoms. The molecule has 112 valence electrons. The number of rotatable bonds is 3. The van der Waals surface area contributed by atoms with Gasteiger partial charge in [-0.05, 0) is 25.0 Å². The van der Waals surface area contributed by atoms with Crippen LogP contribution >= 0.6 is 0 Å². The number of carbonyl (C=O) groups is 2. The maximum atomic E-state index is 12.4. The molecule has 0 bridgehead atoms. The van der Waals surface area contributed by atoms with E-state index in [1.165, 1.54) is 0 Å².